The van der Waals surface area contributed by atoms with Crippen LogP contribution in [0.5, 0.6) is 0 Å². The minimum Gasteiger partial charge on any atom is -0.353 e. The number of rotatable bonds is 6. The molecule has 1 N–H and O–H groups in total. The van der Waals surface area contributed by atoms with Crippen LogP contribution in [0.3, 0.4) is 0 Å². The van der Waals surface area contributed by atoms with Gasteiger partial charge in [0.15, 0.2) is 6.29 Å². The number of hydrogen-bond donors (Lipinski definition) is 1. The van der Waals surface area contributed by atoms with Crippen LogP contribution in [0, 0.1) is 5.92 Å². The van der Waals surface area contributed by atoms with Gasteiger partial charge in [0.25, 0.3) is 0 Å². The van der Waals surface area contributed by atoms with Crippen LogP contribution in [-0.4, -0.2) is 56.0 Å². The Morgan fingerprint density at radius 3 is 2.74 bits per heavy atom. The third-order valence-corrected chi connectivity index (χ3v) is 4.02. The number of carbonyl (C=O) groups is 1. The van der Waals surface area contributed by atoms with Gasteiger partial charge in [-0.1, -0.05) is 0 Å². The highest BCUT2D eigenvalue weighted by Gasteiger charge is 2.34. The zero-order valence-electron chi connectivity index (χ0n) is 12.1. The summed E-state index contributed by atoms with van der Waals surface area (Å²) in [5, 5.41) is 3.11. The quantitative estimate of drug-likeness (QED) is 0.731. The monoisotopic (exact) mass is 270 g/mol. The third kappa shape index (κ3) is 4.16. The molecule has 0 saturated carbocycles. The van der Waals surface area contributed by atoms with Crippen LogP contribution >= 0.6 is 0 Å². The van der Waals surface area contributed by atoms with Crippen molar-refractivity contribution in [3.8, 4) is 0 Å². The minimum absolute atomic E-state index is 0.121. The van der Waals surface area contributed by atoms with E-state index in [4.69, 9.17) is 9.47 Å². The van der Waals surface area contributed by atoms with Gasteiger partial charge in [-0.15, -0.1) is 0 Å². The van der Waals surface area contributed by atoms with Crippen LogP contribution in [0.4, 0.5) is 0 Å². The molecule has 2 unspecified atom stereocenters. The normalized spacial score (nSPS) is 28.3. The van der Waals surface area contributed by atoms with Crippen LogP contribution in [0.2, 0.25) is 0 Å². The highest BCUT2D eigenvalue weighted by molar-refractivity contribution is 5.77. The molecule has 0 aromatic heterocycles. The van der Waals surface area contributed by atoms with Crippen LogP contribution in [0.1, 0.15) is 33.1 Å². The molecule has 1 amide bonds. The van der Waals surface area contributed by atoms with Crippen LogP contribution < -0.4 is 5.32 Å². The predicted octanol–water partition coefficient (Wildman–Crippen LogP) is 0.986. The Labute approximate surface area is 115 Å². The third-order valence-electron chi connectivity index (χ3n) is 4.02. The number of piperidine rings is 2. The van der Waals surface area contributed by atoms with Crippen molar-refractivity contribution in [2.75, 3.05) is 32.8 Å². The van der Waals surface area contributed by atoms with Crippen molar-refractivity contribution in [1.82, 2.24) is 10.2 Å². The Morgan fingerprint density at radius 1 is 1.32 bits per heavy atom. The number of amides is 1. The van der Waals surface area contributed by atoms with E-state index < -0.39 is 0 Å². The van der Waals surface area contributed by atoms with Gasteiger partial charge in [0.05, 0.1) is 0 Å². The van der Waals surface area contributed by atoms with Gasteiger partial charge in [0, 0.05) is 45.3 Å². The number of likely N-dealkylation sites (tertiary alicyclic amines) is 1. The topological polar surface area (TPSA) is 50.8 Å². The number of ether oxygens (including phenoxy) is 2. The van der Waals surface area contributed by atoms with Crippen molar-refractivity contribution in [3.05, 3.63) is 0 Å². The second-order valence-electron chi connectivity index (χ2n) is 5.36. The van der Waals surface area contributed by atoms with Crippen molar-refractivity contribution in [2.45, 2.75) is 45.4 Å². The molecular formula is C14H26N2O3. The molecule has 2 saturated heterocycles. The molecule has 0 spiro atoms. The van der Waals surface area contributed by atoms with Crippen LogP contribution in [0.25, 0.3) is 0 Å². The van der Waals surface area contributed by atoms with Gasteiger partial charge in [-0.2, -0.15) is 0 Å². The average Bonchev–Trinajstić information content (AvgIpc) is 2.39. The molecule has 2 aliphatic rings. The predicted molar refractivity (Wildman–Crippen MR) is 72.8 cm³/mol. The van der Waals surface area contributed by atoms with Gasteiger partial charge < -0.3 is 14.8 Å². The molecule has 2 rings (SSSR count). The fourth-order valence-corrected chi connectivity index (χ4v) is 3.09. The molecule has 2 heterocycles. The Hall–Kier alpha value is -0.650. The first kappa shape index (κ1) is 14.8. The molecule has 0 aromatic carbocycles. The number of carbonyl (C=O) groups excluding carboxylic acids is 1. The van der Waals surface area contributed by atoms with Gasteiger partial charge in [0.2, 0.25) is 5.91 Å². The molecule has 19 heavy (non-hydrogen) atoms. The first-order valence-electron chi connectivity index (χ1n) is 7.47. The van der Waals surface area contributed by atoms with E-state index in [2.05, 4.69) is 10.2 Å². The van der Waals surface area contributed by atoms with Gasteiger partial charge in [-0.05, 0) is 32.6 Å². The molecule has 2 fully saturated rings. The lowest BCUT2D eigenvalue weighted by Crippen LogP contribution is -2.55. The SMILES string of the molecule is CCOC(CN1CCC2NC(=O)CCC2C1)OCC. The number of nitrogens with zero attached hydrogens (tertiary/aromatic N) is 1. The summed E-state index contributed by atoms with van der Waals surface area (Å²) in [7, 11) is 0. The molecule has 5 heteroatoms. The van der Waals surface area contributed by atoms with Crippen molar-refractivity contribution < 1.29 is 14.3 Å². The van der Waals surface area contributed by atoms with E-state index in [-0.39, 0.29) is 12.2 Å². The summed E-state index contributed by atoms with van der Waals surface area (Å²) in [6.45, 7) is 8.24. The fourth-order valence-electron chi connectivity index (χ4n) is 3.09. The molecule has 110 valence electrons. The molecular weight excluding hydrogens is 244 g/mol. The largest absolute Gasteiger partial charge is 0.353 e. The first-order valence-corrected chi connectivity index (χ1v) is 7.47. The molecule has 5 nitrogen and oxygen atoms in total. The number of hydrogen-bond acceptors (Lipinski definition) is 4. The van der Waals surface area contributed by atoms with Crippen molar-refractivity contribution in [2.24, 2.45) is 5.92 Å². The Balaban J connectivity index is 1.81. The van der Waals surface area contributed by atoms with Gasteiger partial charge >= 0.3 is 0 Å². The summed E-state index contributed by atoms with van der Waals surface area (Å²) < 4.78 is 11.2. The lowest BCUT2D eigenvalue weighted by atomic mass is 9.85. The highest BCUT2D eigenvalue weighted by Crippen LogP contribution is 2.25. The number of nitrogens with one attached hydrogen (secondary N) is 1. The average molecular weight is 270 g/mol. The van der Waals surface area contributed by atoms with Crippen LogP contribution in [-0.2, 0) is 14.3 Å². The Morgan fingerprint density at radius 2 is 2.05 bits per heavy atom. The summed E-state index contributed by atoms with van der Waals surface area (Å²) >= 11 is 0. The highest BCUT2D eigenvalue weighted by atomic mass is 16.7. The van der Waals surface area contributed by atoms with Gasteiger partial charge in [-0.25, -0.2) is 0 Å². The lowest BCUT2D eigenvalue weighted by molar-refractivity contribution is -0.151. The molecule has 0 aliphatic carbocycles. The molecule has 2 aliphatic heterocycles. The van der Waals surface area contributed by atoms with E-state index in [0.29, 0.717) is 31.6 Å². The van der Waals surface area contributed by atoms with E-state index in [1.54, 1.807) is 0 Å². The summed E-state index contributed by atoms with van der Waals surface area (Å²) in [5.74, 6) is 0.812. The van der Waals surface area contributed by atoms with Gasteiger partial charge in [-0.3, -0.25) is 9.69 Å². The summed E-state index contributed by atoms with van der Waals surface area (Å²) in [4.78, 5) is 13.8. The molecule has 0 aromatic rings. The second-order valence-corrected chi connectivity index (χ2v) is 5.36. The zero-order chi connectivity index (χ0) is 13.7. The maximum Gasteiger partial charge on any atom is 0.220 e. The van der Waals surface area contributed by atoms with Gasteiger partial charge in [0.1, 0.15) is 0 Å². The van der Waals surface area contributed by atoms with E-state index in [1.807, 2.05) is 13.8 Å². The maximum atomic E-state index is 11.4. The van der Waals surface area contributed by atoms with E-state index >= 15 is 0 Å². The zero-order valence-corrected chi connectivity index (χ0v) is 12.1. The molecule has 0 radical (unpaired) electrons. The minimum atomic E-state index is -0.121. The maximum absolute atomic E-state index is 11.4. The van der Waals surface area contributed by atoms with E-state index in [1.165, 1.54) is 0 Å². The van der Waals surface area contributed by atoms with E-state index in [9.17, 15) is 4.79 Å². The molecule has 2 atom stereocenters. The first-order chi connectivity index (χ1) is 9.22. The summed E-state index contributed by atoms with van der Waals surface area (Å²) in [6, 6.07) is 0.384. The Bertz CT molecular complexity index is 292. The van der Waals surface area contributed by atoms with Crippen molar-refractivity contribution in [3.63, 3.8) is 0 Å². The fraction of sp³-hybridized carbons (Fsp3) is 0.929. The summed E-state index contributed by atoms with van der Waals surface area (Å²) in [5.41, 5.74) is 0. The molecule has 0 bridgehead atoms. The standard InChI is InChI=1S/C14H26N2O3/c1-3-18-14(19-4-2)10-16-8-7-12-11(9-16)5-6-13(17)15-12/h11-12,14H,3-10H2,1-2H3,(H,15,17). The lowest BCUT2D eigenvalue weighted by Gasteiger charge is -2.42. The van der Waals surface area contributed by atoms with Crippen molar-refractivity contribution in [1.29, 1.82) is 0 Å². The smallest absolute Gasteiger partial charge is 0.220 e. The summed E-state index contributed by atoms with van der Waals surface area (Å²) in [6.07, 6.45) is 2.61. The Kier molecular flexibility index (Phi) is 5.60. The number of fused-ring (bicyclic) bond motifs is 1. The van der Waals surface area contributed by atoms with Crippen molar-refractivity contribution >= 4 is 5.91 Å². The van der Waals surface area contributed by atoms with Crippen LogP contribution in [0.15, 0.2) is 0 Å². The van der Waals surface area contributed by atoms with E-state index in [0.717, 1.165) is 32.5 Å². The second kappa shape index (κ2) is 7.22.